The van der Waals surface area contributed by atoms with Crippen LogP contribution in [-0.4, -0.2) is 32.0 Å². The van der Waals surface area contributed by atoms with E-state index in [4.69, 9.17) is 15.2 Å². The number of rotatable bonds is 3. The Morgan fingerprint density at radius 3 is 2.94 bits per heavy atom. The fraction of sp³-hybridized carbons (Fsp3) is 0.500. The Morgan fingerprint density at radius 1 is 1.47 bits per heavy atom. The van der Waals surface area contributed by atoms with Crippen LogP contribution in [0, 0.1) is 5.82 Å². The second-order valence-electron chi connectivity index (χ2n) is 4.09. The van der Waals surface area contributed by atoms with Crippen molar-refractivity contribution in [1.82, 2.24) is 0 Å². The fourth-order valence-electron chi connectivity index (χ4n) is 1.83. The molecule has 1 aromatic rings. The van der Waals surface area contributed by atoms with Crippen molar-refractivity contribution in [2.45, 2.75) is 18.6 Å². The maximum absolute atomic E-state index is 12.9. The molecule has 0 bridgehead atoms. The molecule has 2 atom stereocenters. The molecule has 1 aliphatic rings. The van der Waals surface area contributed by atoms with Crippen molar-refractivity contribution >= 4 is 15.9 Å². The van der Waals surface area contributed by atoms with Gasteiger partial charge in [0.05, 0.1) is 25.9 Å². The third-order valence-electron chi connectivity index (χ3n) is 2.79. The minimum Gasteiger partial charge on any atom is -0.376 e. The van der Waals surface area contributed by atoms with Crippen LogP contribution in [0.25, 0.3) is 0 Å². The molecule has 5 heteroatoms. The quantitative estimate of drug-likeness (QED) is 0.927. The predicted molar refractivity (Wildman–Crippen MR) is 66.3 cm³/mol. The van der Waals surface area contributed by atoms with E-state index in [1.807, 2.05) is 0 Å². The number of hydrogen-bond donors (Lipinski definition) is 1. The summed E-state index contributed by atoms with van der Waals surface area (Å²) in [6, 6.07) is 4.48. The Hall–Kier alpha value is -0.490. The molecule has 3 nitrogen and oxygen atoms in total. The lowest BCUT2D eigenvalue weighted by molar-refractivity contribution is -0.0967. The highest BCUT2D eigenvalue weighted by molar-refractivity contribution is 9.10. The van der Waals surface area contributed by atoms with Gasteiger partial charge in [-0.05, 0) is 24.1 Å². The summed E-state index contributed by atoms with van der Waals surface area (Å²) in [6.45, 7) is 1.74. The van der Waals surface area contributed by atoms with Crippen LogP contribution in [-0.2, 0) is 15.9 Å². The van der Waals surface area contributed by atoms with Gasteiger partial charge in [-0.25, -0.2) is 4.39 Å². The molecule has 1 aliphatic heterocycles. The standard InChI is InChI=1S/C12H15BrFNO2/c13-10-6-9(14)2-1-8(10)5-11(15)12-7-16-3-4-17-12/h1-2,6,11-12H,3-5,7,15H2. The third-order valence-corrected chi connectivity index (χ3v) is 3.53. The molecule has 1 heterocycles. The Morgan fingerprint density at radius 2 is 2.29 bits per heavy atom. The smallest absolute Gasteiger partial charge is 0.124 e. The van der Waals surface area contributed by atoms with Crippen LogP contribution in [0.2, 0.25) is 0 Å². The molecular weight excluding hydrogens is 289 g/mol. The topological polar surface area (TPSA) is 44.5 Å². The molecule has 0 radical (unpaired) electrons. The predicted octanol–water partition coefficient (Wildman–Crippen LogP) is 1.87. The van der Waals surface area contributed by atoms with Gasteiger partial charge in [0.2, 0.25) is 0 Å². The van der Waals surface area contributed by atoms with Crippen LogP contribution in [0.5, 0.6) is 0 Å². The van der Waals surface area contributed by atoms with E-state index >= 15 is 0 Å². The molecule has 0 aromatic heterocycles. The molecule has 1 fully saturated rings. The normalized spacial score (nSPS) is 22.4. The second kappa shape index (κ2) is 5.91. The average Bonchev–Trinajstić information content (AvgIpc) is 2.34. The minimum atomic E-state index is -0.258. The van der Waals surface area contributed by atoms with Crippen LogP contribution >= 0.6 is 15.9 Å². The largest absolute Gasteiger partial charge is 0.376 e. The first-order valence-corrected chi connectivity index (χ1v) is 6.35. The Balaban J connectivity index is 1.99. The molecule has 0 amide bonds. The van der Waals surface area contributed by atoms with Crippen molar-refractivity contribution in [2.24, 2.45) is 5.73 Å². The van der Waals surface area contributed by atoms with Crippen molar-refractivity contribution in [2.75, 3.05) is 19.8 Å². The summed E-state index contributed by atoms with van der Waals surface area (Å²) >= 11 is 3.33. The molecule has 2 N–H and O–H groups in total. The highest BCUT2D eigenvalue weighted by Crippen LogP contribution is 2.20. The number of ether oxygens (including phenoxy) is 2. The van der Waals surface area contributed by atoms with Gasteiger partial charge in [-0.15, -0.1) is 0 Å². The van der Waals surface area contributed by atoms with Crippen molar-refractivity contribution in [3.05, 3.63) is 34.1 Å². The molecule has 17 heavy (non-hydrogen) atoms. The number of nitrogens with two attached hydrogens (primary N) is 1. The third kappa shape index (κ3) is 3.48. The SMILES string of the molecule is NC(Cc1ccc(F)cc1Br)C1COCCO1. The summed E-state index contributed by atoms with van der Waals surface area (Å²) in [4.78, 5) is 0. The van der Waals surface area contributed by atoms with Gasteiger partial charge < -0.3 is 15.2 Å². The lowest BCUT2D eigenvalue weighted by Gasteiger charge is -2.28. The number of halogens is 2. The van der Waals surface area contributed by atoms with E-state index in [0.717, 1.165) is 10.0 Å². The fourth-order valence-corrected chi connectivity index (χ4v) is 2.34. The average molecular weight is 304 g/mol. The summed E-state index contributed by atoms with van der Waals surface area (Å²) < 4.78 is 24.5. The Labute approximate surface area is 108 Å². The van der Waals surface area contributed by atoms with Gasteiger partial charge in [0.1, 0.15) is 5.82 Å². The van der Waals surface area contributed by atoms with Crippen LogP contribution in [0.3, 0.4) is 0 Å². The number of benzene rings is 1. The first-order chi connectivity index (χ1) is 8.16. The van der Waals surface area contributed by atoms with E-state index in [1.54, 1.807) is 6.07 Å². The summed E-state index contributed by atoms with van der Waals surface area (Å²) in [5.74, 6) is -0.258. The lowest BCUT2D eigenvalue weighted by atomic mass is 10.0. The van der Waals surface area contributed by atoms with Gasteiger partial charge in [0.15, 0.2) is 0 Å². The molecular formula is C12H15BrFNO2. The van der Waals surface area contributed by atoms with E-state index in [0.29, 0.717) is 26.2 Å². The van der Waals surface area contributed by atoms with Gasteiger partial charge in [0.25, 0.3) is 0 Å². The molecule has 2 rings (SSSR count). The molecule has 0 spiro atoms. The first-order valence-electron chi connectivity index (χ1n) is 5.55. The Kier molecular flexibility index (Phi) is 4.50. The minimum absolute atomic E-state index is 0.0827. The summed E-state index contributed by atoms with van der Waals surface area (Å²) in [7, 11) is 0. The molecule has 0 aliphatic carbocycles. The van der Waals surface area contributed by atoms with Gasteiger partial charge >= 0.3 is 0 Å². The molecule has 1 aromatic carbocycles. The van der Waals surface area contributed by atoms with E-state index in [-0.39, 0.29) is 18.0 Å². The highest BCUT2D eigenvalue weighted by Gasteiger charge is 2.22. The Bertz CT molecular complexity index is 383. The number of hydrogen-bond acceptors (Lipinski definition) is 3. The van der Waals surface area contributed by atoms with Gasteiger partial charge in [0, 0.05) is 10.5 Å². The van der Waals surface area contributed by atoms with Crippen LogP contribution < -0.4 is 5.73 Å². The summed E-state index contributed by atoms with van der Waals surface area (Å²) in [5, 5.41) is 0. The highest BCUT2D eigenvalue weighted by atomic mass is 79.9. The second-order valence-corrected chi connectivity index (χ2v) is 4.94. The van der Waals surface area contributed by atoms with Gasteiger partial charge in [-0.3, -0.25) is 0 Å². The van der Waals surface area contributed by atoms with E-state index in [1.165, 1.54) is 12.1 Å². The van der Waals surface area contributed by atoms with E-state index in [9.17, 15) is 4.39 Å². The maximum Gasteiger partial charge on any atom is 0.124 e. The van der Waals surface area contributed by atoms with Gasteiger partial charge in [-0.1, -0.05) is 22.0 Å². The van der Waals surface area contributed by atoms with Crippen LogP contribution in [0.15, 0.2) is 22.7 Å². The first kappa shape index (κ1) is 13.0. The van der Waals surface area contributed by atoms with E-state index in [2.05, 4.69) is 15.9 Å². The van der Waals surface area contributed by atoms with Crippen molar-refractivity contribution < 1.29 is 13.9 Å². The molecule has 2 unspecified atom stereocenters. The van der Waals surface area contributed by atoms with E-state index < -0.39 is 0 Å². The molecule has 94 valence electrons. The monoisotopic (exact) mass is 303 g/mol. The van der Waals surface area contributed by atoms with Crippen LogP contribution in [0.4, 0.5) is 4.39 Å². The van der Waals surface area contributed by atoms with Crippen LogP contribution in [0.1, 0.15) is 5.56 Å². The molecule has 0 saturated carbocycles. The lowest BCUT2D eigenvalue weighted by Crippen LogP contribution is -2.44. The zero-order chi connectivity index (χ0) is 12.3. The van der Waals surface area contributed by atoms with Crippen molar-refractivity contribution in [3.8, 4) is 0 Å². The van der Waals surface area contributed by atoms with Crippen molar-refractivity contribution in [3.63, 3.8) is 0 Å². The van der Waals surface area contributed by atoms with Gasteiger partial charge in [-0.2, -0.15) is 0 Å². The van der Waals surface area contributed by atoms with Crippen molar-refractivity contribution in [1.29, 1.82) is 0 Å². The zero-order valence-electron chi connectivity index (χ0n) is 9.36. The zero-order valence-corrected chi connectivity index (χ0v) is 11.0. The molecule has 1 saturated heterocycles. The summed E-state index contributed by atoms with van der Waals surface area (Å²) in [5.41, 5.74) is 7.05. The maximum atomic E-state index is 12.9. The summed E-state index contributed by atoms with van der Waals surface area (Å²) in [6.07, 6.45) is 0.551.